The van der Waals surface area contributed by atoms with Gasteiger partial charge in [-0.15, -0.1) is 12.6 Å². The van der Waals surface area contributed by atoms with E-state index in [1.54, 1.807) is 6.07 Å². The van der Waals surface area contributed by atoms with Crippen LogP contribution in [0, 0.1) is 0 Å². The quantitative estimate of drug-likeness (QED) is 0.636. The standard InChI is InChI=1S/C15H15NOS/c17-11-13-5-3-4-12(8-13)9-16-10-14-6-1-2-7-15(14)18/h1-8,11,16,18H,9-10H2. The molecule has 2 nitrogen and oxygen atoms in total. The van der Waals surface area contributed by atoms with Gasteiger partial charge in [0.05, 0.1) is 0 Å². The van der Waals surface area contributed by atoms with Crippen molar-refractivity contribution in [3.63, 3.8) is 0 Å². The van der Waals surface area contributed by atoms with Crippen molar-refractivity contribution >= 4 is 18.9 Å². The molecule has 0 spiro atoms. The number of hydrogen-bond acceptors (Lipinski definition) is 3. The van der Waals surface area contributed by atoms with Gasteiger partial charge in [-0.25, -0.2) is 0 Å². The van der Waals surface area contributed by atoms with E-state index in [0.29, 0.717) is 5.56 Å². The zero-order valence-electron chi connectivity index (χ0n) is 9.97. The molecule has 18 heavy (non-hydrogen) atoms. The molecule has 92 valence electrons. The fourth-order valence-electron chi connectivity index (χ4n) is 1.78. The number of carbonyl (C=O) groups excluding carboxylic acids is 1. The summed E-state index contributed by atoms with van der Waals surface area (Å²) in [4.78, 5) is 11.7. The summed E-state index contributed by atoms with van der Waals surface area (Å²) in [5.74, 6) is 0. The minimum Gasteiger partial charge on any atom is -0.309 e. The average molecular weight is 257 g/mol. The lowest BCUT2D eigenvalue weighted by Crippen LogP contribution is -2.13. The Labute approximate surface area is 112 Å². The van der Waals surface area contributed by atoms with Crippen molar-refractivity contribution in [3.8, 4) is 0 Å². The van der Waals surface area contributed by atoms with Crippen molar-refractivity contribution in [2.45, 2.75) is 18.0 Å². The van der Waals surface area contributed by atoms with Crippen molar-refractivity contribution < 1.29 is 4.79 Å². The van der Waals surface area contributed by atoms with Crippen molar-refractivity contribution in [1.82, 2.24) is 5.32 Å². The van der Waals surface area contributed by atoms with Crippen molar-refractivity contribution in [2.24, 2.45) is 0 Å². The smallest absolute Gasteiger partial charge is 0.150 e. The van der Waals surface area contributed by atoms with Crippen LogP contribution < -0.4 is 5.32 Å². The van der Waals surface area contributed by atoms with Gasteiger partial charge in [0.1, 0.15) is 6.29 Å². The van der Waals surface area contributed by atoms with E-state index in [0.717, 1.165) is 29.8 Å². The Bertz CT molecular complexity index is 540. The summed E-state index contributed by atoms with van der Waals surface area (Å²) in [6.45, 7) is 1.51. The van der Waals surface area contributed by atoms with Crippen LogP contribution in [0.1, 0.15) is 21.5 Å². The van der Waals surface area contributed by atoms with E-state index < -0.39 is 0 Å². The lowest BCUT2D eigenvalue weighted by Gasteiger charge is -2.07. The molecule has 0 aliphatic rings. The third-order valence-electron chi connectivity index (χ3n) is 2.72. The molecule has 0 aromatic heterocycles. The summed E-state index contributed by atoms with van der Waals surface area (Å²) in [7, 11) is 0. The van der Waals surface area contributed by atoms with Crippen molar-refractivity contribution in [3.05, 3.63) is 65.2 Å². The van der Waals surface area contributed by atoms with Crippen molar-refractivity contribution in [2.75, 3.05) is 0 Å². The summed E-state index contributed by atoms with van der Waals surface area (Å²) in [5, 5.41) is 3.35. The van der Waals surface area contributed by atoms with Crippen LogP contribution in [0.25, 0.3) is 0 Å². The molecule has 2 aromatic carbocycles. The minimum atomic E-state index is 0.712. The van der Waals surface area contributed by atoms with Crippen LogP contribution in [0.3, 0.4) is 0 Å². The highest BCUT2D eigenvalue weighted by Crippen LogP contribution is 2.12. The summed E-state index contributed by atoms with van der Waals surface area (Å²) >= 11 is 4.40. The number of benzene rings is 2. The molecule has 2 aromatic rings. The first kappa shape index (κ1) is 12.9. The van der Waals surface area contributed by atoms with E-state index in [-0.39, 0.29) is 0 Å². The summed E-state index contributed by atoms with van der Waals surface area (Å²) < 4.78 is 0. The Morgan fingerprint density at radius 1 is 1.06 bits per heavy atom. The molecule has 0 aliphatic carbocycles. The third kappa shape index (κ3) is 3.45. The second-order valence-electron chi connectivity index (χ2n) is 4.10. The zero-order valence-corrected chi connectivity index (χ0v) is 10.9. The first-order valence-electron chi connectivity index (χ1n) is 5.81. The SMILES string of the molecule is O=Cc1cccc(CNCc2ccccc2S)c1. The zero-order chi connectivity index (χ0) is 12.8. The Hall–Kier alpha value is -1.58. The lowest BCUT2D eigenvalue weighted by molar-refractivity contribution is 0.112. The summed E-state index contributed by atoms with van der Waals surface area (Å²) in [5.41, 5.74) is 2.99. The van der Waals surface area contributed by atoms with Gasteiger partial charge in [-0.3, -0.25) is 4.79 Å². The predicted octanol–water partition coefficient (Wildman–Crippen LogP) is 3.08. The van der Waals surface area contributed by atoms with Gasteiger partial charge >= 0.3 is 0 Å². The molecule has 0 atom stereocenters. The van der Waals surface area contributed by atoms with Crippen molar-refractivity contribution in [1.29, 1.82) is 0 Å². The molecule has 0 saturated heterocycles. The monoisotopic (exact) mass is 257 g/mol. The minimum absolute atomic E-state index is 0.712. The largest absolute Gasteiger partial charge is 0.309 e. The van der Waals surface area contributed by atoms with E-state index in [2.05, 4.69) is 24.0 Å². The molecule has 0 radical (unpaired) electrons. The molecule has 1 N–H and O–H groups in total. The molecule has 0 saturated carbocycles. The first-order chi connectivity index (χ1) is 8.79. The van der Waals surface area contributed by atoms with Crippen LogP contribution in [0.4, 0.5) is 0 Å². The van der Waals surface area contributed by atoms with Crippen LogP contribution in [0.15, 0.2) is 53.4 Å². The van der Waals surface area contributed by atoms with Gasteiger partial charge < -0.3 is 5.32 Å². The highest BCUT2D eigenvalue weighted by atomic mass is 32.1. The van der Waals surface area contributed by atoms with Gasteiger partial charge in [-0.2, -0.15) is 0 Å². The highest BCUT2D eigenvalue weighted by Gasteiger charge is 1.98. The van der Waals surface area contributed by atoms with Gasteiger partial charge in [-0.05, 0) is 23.3 Å². The van der Waals surface area contributed by atoms with Gasteiger partial charge in [0.15, 0.2) is 0 Å². The normalized spacial score (nSPS) is 10.3. The molecular formula is C15H15NOS. The molecule has 2 rings (SSSR count). The number of rotatable bonds is 5. The average Bonchev–Trinajstić information content (AvgIpc) is 2.41. The maximum absolute atomic E-state index is 10.7. The second-order valence-corrected chi connectivity index (χ2v) is 4.58. The lowest BCUT2D eigenvalue weighted by atomic mass is 10.1. The van der Waals surface area contributed by atoms with E-state index >= 15 is 0 Å². The molecule has 0 fully saturated rings. The van der Waals surface area contributed by atoms with E-state index in [1.165, 1.54) is 5.56 Å². The Morgan fingerprint density at radius 2 is 1.89 bits per heavy atom. The fraction of sp³-hybridized carbons (Fsp3) is 0.133. The van der Waals surface area contributed by atoms with E-state index in [9.17, 15) is 4.79 Å². The first-order valence-corrected chi connectivity index (χ1v) is 6.26. The molecule has 0 amide bonds. The van der Waals surface area contributed by atoms with Crippen LogP contribution in [0.2, 0.25) is 0 Å². The predicted molar refractivity (Wildman–Crippen MR) is 76.1 cm³/mol. The number of aldehydes is 1. The second kappa shape index (κ2) is 6.38. The fourth-order valence-corrected chi connectivity index (χ4v) is 2.02. The molecule has 0 unspecified atom stereocenters. The number of hydrogen-bond donors (Lipinski definition) is 2. The van der Waals surface area contributed by atoms with Gasteiger partial charge in [-0.1, -0.05) is 36.4 Å². The van der Waals surface area contributed by atoms with Crippen LogP contribution in [-0.2, 0) is 13.1 Å². The molecular weight excluding hydrogens is 242 g/mol. The van der Waals surface area contributed by atoms with E-state index in [4.69, 9.17) is 0 Å². The number of thiol groups is 1. The van der Waals surface area contributed by atoms with Crippen LogP contribution in [0.5, 0.6) is 0 Å². The van der Waals surface area contributed by atoms with Gasteiger partial charge in [0, 0.05) is 23.5 Å². The summed E-state index contributed by atoms with van der Waals surface area (Å²) in [6, 6.07) is 15.6. The number of nitrogens with one attached hydrogen (secondary N) is 1. The summed E-state index contributed by atoms with van der Waals surface area (Å²) in [6.07, 6.45) is 0.868. The molecule has 0 heterocycles. The van der Waals surface area contributed by atoms with Crippen LogP contribution in [-0.4, -0.2) is 6.29 Å². The Balaban J connectivity index is 1.92. The number of carbonyl (C=O) groups is 1. The third-order valence-corrected chi connectivity index (χ3v) is 3.16. The van der Waals surface area contributed by atoms with Gasteiger partial charge in [0.25, 0.3) is 0 Å². The van der Waals surface area contributed by atoms with E-state index in [1.807, 2.05) is 36.4 Å². The maximum atomic E-state index is 10.7. The Kier molecular flexibility index (Phi) is 4.56. The molecule has 0 bridgehead atoms. The molecule has 0 aliphatic heterocycles. The molecule has 3 heteroatoms. The maximum Gasteiger partial charge on any atom is 0.150 e. The van der Waals surface area contributed by atoms with Gasteiger partial charge in [0.2, 0.25) is 0 Å². The Morgan fingerprint density at radius 3 is 2.67 bits per heavy atom. The van der Waals surface area contributed by atoms with Crippen LogP contribution >= 0.6 is 12.6 Å². The topological polar surface area (TPSA) is 29.1 Å². The highest BCUT2D eigenvalue weighted by molar-refractivity contribution is 7.80.